The number of dihydropyridines is 1. The molecule has 2 saturated heterocycles. The molecule has 9 nitrogen and oxygen atoms in total. The third kappa shape index (κ3) is 5.00. The van der Waals surface area contributed by atoms with E-state index in [0.717, 1.165) is 94.0 Å². The number of likely N-dealkylation sites (tertiary alicyclic amines) is 1. The molecule has 1 saturated carbocycles. The number of nitrogens with two attached hydrogens (primary N) is 1. The standard InChI is InChI=1S/C30H43N7O2/c1-21(2)34-10-7-30(39-3,8-11-34)24-4-5-26(32-19-24)23-18-28-27(6-9-33-37(28)20-23)35-12-14-36(15-13-35)29(38)22-16-25(31)17-22/h4-6,9,18,20-22,24-25H,7-8,10-17,19,31H2,1-3H3/t22-,24?,25-. The van der Waals surface area contributed by atoms with Crippen LogP contribution in [0.3, 0.4) is 0 Å². The van der Waals surface area contributed by atoms with E-state index < -0.39 is 0 Å². The number of rotatable bonds is 6. The molecule has 9 heteroatoms. The van der Waals surface area contributed by atoms with E-state index >= 15 is 0 Å². The first-order valence-corrected chi connectivity index (χ1v) is 14.7. The summed E-state index contributed by atoms with van der Waals surface area (Å²) in [5.74, 6) is 0.700. The number of ether oxygens (including phenoxy) is 1. The molecule has 2 aromatic heterocycles. The molecule has 0 bridgehead atoms. The van der Waals surface area contributed by atoms with Crippen molar-refractivity contribution in [3.05, 3.63) is 42.2 Å². The maximum Gasteiger partial charge on any atom is 0.225 e. The molecule has 1 atom stereocenters. The monoisotopic (exact) mass is 533 g/mol. The van der Waals surface area contributed by atoms with E-state index in [-0.39, 0.29) is 23.5 Å². The number of methoxy groups -OCH3 is 1. The Labute approximate surface area is 231 Å². The first kappa shape index (κ1) is 26.5. The number of hydrogen-bond donors (Lipinski definition) is 1. The van der Waals surface area contributed by atoms with E-state index in [2.05, 4.69) is 59.2 Å². The van der Waals surface area contributed by atoms with Gasteiger partial charge in [-0.25, -0.2) is 4.52 Å². The molecule has 210 valence electrons. The summed E-state index contributed by atoms with van der Waals surface area (Å²) in [5.41, 5.74) is 10.1. The maximum absolute atomic E-state index is 12.8. The second-order valence-electron chi connectivity index (χ2n) is 12.1. The van der Waals surface area contributed by atoms with Gasteiger partial charge in [-0.05, 0) is 57.7 Å². The minimum atomic E-state index is -0.134. The number of carbonyl (C=O) groups excluding carboxylic acids is 1. The molecule has 6 rings (SSSR count). The molecule has 2 aromatic rings. The Morgan fingerprint density at radius 3 is 2.49 bits per heavy atom. The van der Waals surface area contributed by atoms with Crippen LogP contribution in [0.25, 0.3) is 5.52 Å². The Morgan fingerprint density at radius 1 is 1.13 bits per heavy atom. The molecule has 1 unspecified atom stereocenters. The van der Waals surface area contributed by atoms with Crippen molar-refractivity contribution >= 4 is 22.8 Å². The first-order valence-electron chi connectivity index (χ1n) is 14.7. The normalized spacial score (nSPS) is 27.6. The fourth-order valence-corrected chi connectivity index (χ4v) is 6.89. The number of nitrogens with zero attached hydrogens (tertiary/aromatic N) is 6. The number of hydrogen-bond acceptors (Lipinski definition) is 7. The lowest BCUT2D eigenvalue weighted by Crippen LogP contribution is -2.53. The van der Waals surface area contributed by atoms with E-state index in [1.807, 2.05) is 22.7 Å². The van der Waals surface area contributed by atoms with Gasteiger partial charge in [0.1, 0.15) is 0 Å². The predicted octanol–water partition coefficient (Wildman–Crippen LogP) is 2.58. The topological polar surface area (TPSA) is 91.7 Å². The van der Waals surface area contributed by atoms with Crippen molar-refractivity contribution in [2.45, 2.75) is 57.2 Å². The van der Waals surface area contributed by atoms with Gasteiger partial charge < -0.3 is 25.2 Å². The number of anilines is 1. The molecule has 1 aliphatic carbocycles. The number of carbonyl (C=O) groups is 1. The van der Waals surface area contributed by atoms with Gasteiger partial charge in [0.25, 0.3) is 0 Å². The highest BCUT2D eigenvalue weighted by molar-refractivity contribution is 6.10. The highest BCUT2D eigenvalue weighted by atomic mass is 16.5. The molecule has 1 amide bonds. The molecule has 0 aromatic carbocycles. The number of amides is 1. The summed E-state index contributed by atoms with van der Waals surface area (Å²) in [7, 11) is 1.87. The van der Waals surface area contributed by atoms with Crippen molar-refractivity contribution < 1.29 is 9.53 Å². The molecule has 5 heterocycles. The van der Waals surface area contributed by atoms with Crippen LogP contribution < -0.4 is 10.6 Å². The summed E-state index contributed by atoms with van der Waals surface area (Å²) in [4.78, 5) is 24.7. The van der Waals surface area contributed by atoms with Crippen LogP contribution in [0.5, 0.6) is 0 Å². The molecule has 0 radical (unpaired) electrons. The molecule has 2 N–H and O–H groups in total. The minimum absolute atomic E-state index is 0.128. The van der Waals surface area contributed by atoms with Crippen LogP contribution >= 0.6 is 0 Å². The zero-order valence-corrected chi connectivity index (χ0v) is 23.6. The zero-order chi connectivity index (χ0) is 27.1. The van der Waals surface area contributed by atoms with Crippen molar-refractivity contribution in [3.8, 4) is 0 Å². The number of piperazine rings is 1. The number of allylic oxidation sites excluding steroid dienone is 1. The number of aromatic nitrogens is 2. The van der Waals surface area contributed by atoms with E-state index in [4.69, 9.17) is 15.5 Å². The summed E-state index contributed by atoms with van der Waals surface area (Å²) >= 11 is 0. The molecule has 0 spiro atoms. The van der Waals surface area contributed by atoms with Gasteiger partial charge in [0.2, 0.25) is 5.91 Å². The van der Waals surface area contributed by atoms with E-state index in [9.17, 15) is 4.79 Å². The molecule has 3 aliphatic heterocycles. The van der Waals surface area contributed by atoms with Gasteiger partial charge in [-0.1, -0.05) is 6.08 Å². The van der Waals surface area contributed by atoms with Crippen molar-refractivity contribution in [1.82, 2.24) is 19.4 Å². The van der Waals surface area contributed by atoms with Crippen LogP contribution in [0.4, 0.5) is 5.69 Å². The average Bonchev–Trinajstić information content (AvgIpc) is 3.40. The highest BCUT2D eigenvalue weighted by Crippen LogP contribution is 2.37. The summed E-state index contributed by atoms with van der Waals surface area (Å²) in [5, 5.41) is 4.59. The maximum atomic E-state index is 12.8. The number of piperidine rings is 1. The largest absolute Gasteiger partial charge is 0.377 e. The van der Waals surface area contributed by atoms with Gasteiger partial charge in [-0.3, -0.25) is 9.79 Å². The van der Waals surface area contributed by atoms with Gasteiger partial charge in [-0.15, -0.1) is 0 Å². The lowest BCUT2D eigenvalue weighted by atomic mass is 9.77. The molecule has 4 aliphatic rings. The van der Waals surface area contributed by atoms with E-state index in [1.165, 1.54) is 0 Å². The molecular weight excluding hydrogens is 490 g/mol. The molecule has 39 heavy (non-hydrogen) atoms. The third-order valence-electron chi connectivity index (χ3n) is 9.64. The number of fused-ring (bicyclic) bond motifs is 1. The highest BCUT2D eigenvalue weighted by Gasteiger charge is 2.42. The third-order valence-corrected chi connectivity index (χ3v) is 9.64. The van der Waals surface area contributed by atoms with Gasteiger partial charge in [0.05, 0.1) is 22.5 Å². The number of aliphatic imine (C=N–C) groups is 1. The Hall–Kier alpha value is -2.75. The van der Waals surface area contributed by atoms with Gasteiger partial charge >= 0.3 is 0 Å². The van der Waals surface area contributed by atoms with Crippen LogP contribution in [0.15, 0.2) is 41.7 Å². The lowest BCUT2D eigenvalue weighted by molar-refractivity contribution is -0.139. The second-order valence-corrected chi connectivity index (χ2v) is 12.1. The summed E-state index contributed by atoms with van der Waals surface area (Å²) < 4.78 is 8.13. The van der Waals surface area contributed by atoms with Crippen molar-refractivity contribution in [1.29, 1.82) is 0 Å². The van der Waals surface area contributed by atoms with Crippen molar-refractivity contribution in [3.63, 3.8) is 0 Å². The molecule has 3 fully saturated rings. The average molecular weight is 534 g/mol. The first-order chi connectivity index (χ1) is 18.9. The van der Waals surface area contributed by atoms with Crippen LogP contribution in [0.2, 0.25) is 0 Å². The van der Waals surface area contributed by atoms with Gasteiger partial charge in [-0.2, -0.15) is 5.10 Å². The smallest absolute Gasteiger partial charge is 0.225 e. The molecular formula is C30H43N7O2. The van der Waals surface area contributed by atoms with Gasteiger partial charge in [0, 0.05) is 94.8 Å². The summed E-state index contributed by atoms with van der Waals surface area (Å²) in [6, 6.07) is 5.06. The predicted molar refractivity (Wildman–Crippen MR) is 154 cm³/mol. The fourth-order valence-electron chi connectivity index (χ4n) is 6.89. The van der Waals surface area contributed by atoms with Gasteiger partial charge in [0.15, 0.2) is 0 Å². The quantitative estimate of drug-likeness (QED) is 0.614. The minimum Gasteiger partial charge on any atom is -0.377 e. The Morgan fingerprint density at radius 2 is 1.87 bits per heavy atom. The van der Waals surface area contributed by atoms with Crippen LogP contribution in [-0.4, -0.2) is 102 Å². The summed E-state index contributed by atoms with van der Waals surface area (Å²) in [6.45, 7) is 10.6. The zero-order valence-electron chi connectivity index (χ0n) is 23.6. The Bertz CT molecular complexity index is 1250. The Balaban J connectivity index is 1.13. The summed E-state index contributed by atoms with van der Waals surface area (Å²) in [6.07, 6.45) is 12.2. The van der Waals surface area contributed by atoms with Crippen LogP contribution in [0.1, 0.15) is 45.1 Å². The fraction of sp³-hybridized carbons (Fsp3) is 0.633. The SMILES string of the molecule is COC1(C2C=CC(c3cc4c(N5CCN(C(=O)[C@H]6C[C@H](N)C6)CC5)ccnn4c3)=NC2)CCN(C(C)C)CC1. The lowest BCUT2D eigenvalue weighted by Gasteiger charge is -2.46. The van der Waals surface area contributed by atoms with Crippen molar-refractivity contribution in [2.75, 3.05) is 57.8 Å². The van der Waals surface area contributed by atoms with Crippen LogP contribution in [-0.2, 0) is 9.53 Å². The van der Waals surface area contributed by atoms with Crippen molar-refractivity contribution in [2.24, 2.45) is 22.6 Å². The second kappa shape index (κ2) is 10.7. The Kier molecular flexibility index (Phi) is 7.24. The van der Waals surface area contributed by atoms with Crippen LogP contribution in [0, 0.1) is 11.8 Å². The van der Waals surface area contributed by atoms with E-state index in [0.29, 0.717) is 12.0 Å². The van der Waals surface area contributed by atoms with E-state index in [1.54, 1.807) is 0 Å².